The predicted molar refractivity (Wildman–Crippen MR) is 199 cm³/mol. The van der Waals surface area contributed by atoms with Gasteiger partial charge in [0.25, 0.3) is 0 Å². The van der Waals surface area contributed by atoms with Gasteiger partial charge in [0.1, 0.15) is 36.3 Å². The van der Waals surface area contributed by atoms with Crippen molar-refractivity contribution in [2.75, 3.05) is 20.1 Å². The van der Waals surface area contributed by atoms with Crippen molar-refractivity contribution in [2.24, 2.45) is 0 Å². The maximum atomic E-state index is 9.33. The van der Waals surface area contributed by atoms with E-state index in [1.54, 1.807) is 18.5 Å². The van der Waals surface area contributed by atoms with Crippen molar-refractivity contribution in [3.63, 3.8) is 0 Å². The van der Waals surface area contributed by atoms with Gasteiger partial charge in [-0.05, 0) is 112 Å². The lowest BCUT2D eigenvalue weighted by molar-refractivity contribution is 0.152. The van der Waals surface area contributed by atoms with Gasteiger partial charge < -0.3 is 18.8 Å². The summed E-state index contributed by atoms with van der Waals surface area (Å²) >= 11 is 6.89. The van der Waals surface area contributed by atoms with Crippen LogP contribution in [0.1, 0.15) is 84.6 Å². The van der Waals surface area contributed by atoms with Gasteiger partial charge in [-0.2, -0.15) is 5.26 Å². The number of nitriles is 1. The second-order valence-electron chi connectivity index (χ2n) is 14.5. The number of pyridine rings is 1. The number of benzene rings is 3. The molecule has 0 N–H and O–H groups in total. The minimum absolute atomic E-state index is 0.286. The molecule has 9 heteroatoms. The summed E-state index contributed by atoms with van der Waals surface area (Å²) in [5.74, 6) is 2.57. The molecule has 0 radical (unpaired) electrons. The number of oxazole rings is 1. The standard InChI is InChI=1S/C42H44ClN5O3/c1-27-31(7-6-8-36(27)30-9-12-39-38(19-30)46-42(51-39)32-16-34-10-11-35(17-32)47(34)2)26-50-41-20-40(49-25-29-15-28(21-44)22-45-23-29)33(18-37(41)43)24-48-13-4-3-5-14-48/h6-9,12,15,18-20,22-23,32,34-35H,3-5,10-11,13-14,16-17,24-26H2,1-2H3. The molecule has 2 unspecified atom stereocenters. The van der Waals surface area contributed by atoms with Gasteiger partial charge in [-0.25, -0.2) is 4.98 Å². The first-order valence-electron chi connectivity index (χ1n) is 18.3. The minimum Gasteiger partial charge on any atom is -0.488 e. The summed E-state index contributed by atoms with van der Waals surface area (Å²) < 4.78 is 19.1. The van der Waals surface area contributed by atoms with Crippen molar-refractivity contribution in [3.05, 3.63) is 106 Å². The molecule has 3 aliphatic rings. The van der Waals surface area contributed by atoms with Crippen molar-refractivity contribution in [1.29, 1.82) is 5.26 Å². The minimum atomic E-state index is 0.286. The highest BCUT2D eigenvalue weighted by Crippen LogP contribution is 2.43. The quantitative estimate of drug-likeness (QED) is 0.142. The molecule has 51 heavy (non-hydrogen) atoms. The van der Waals surface area contributed by atoms with Crippen LogP contribution >= 0.6 is 11.6 Å². The molecule has 5 heterocycles. The number of piperidine rings is 2. The van der Waals surface area contributed by atoms with Gasteiger partial charge in [-0.1, -0.05) is 42.3 Å². The summed E-state index contributed by atoms with van der Waals surface area (Å²) in [6.45, 7) is 5.65. The Kier molecular flexibility index (Phi) is 9.70. The van der Waals surface area contributed by atoms with Gasteiger partial charge in [0.2, 0.25) is 0 Å². The molecular formula is C42H44ClN5O3. The molecule has 2 aromatic heterocycles. The number of hydrogen-bond acceptors (Lipinski definition) is 8. The van der Waals surface area contributed by atoms with E-state index in [4.69, 9.17) is 30.5 Å². The van der Waals surface area contributed by atoms with E-state index < -0.39 is 0 Å². The van der Waals surface area contributed by atoms with Crippen molar-refractivity contribution in [2.45, 2.75) is 89.6 Å². The van der Waals surface area contributed by atoms with Gasteiger partial charge in [0.15, 0.2) is 11.5 Å². The average Bonchev–Trinajstić information content (AvgIpc) is 3.65. The van der Waals surface area contributed by atoms with Crippen LogP contribution in [0.15, 0.2) is 71.4 Å². The first-order valence-corrected chi connectivity index (χ1v) is 18.7. The van der Waals surface area contributed by atoms with E-state index in [2.05, 4.69) is 71.2 Å². The smallest absolute Gasteiger partial charge is 0.198 e. The van der Waals surface area contributed by atoms with Crippen molar-refractivity contribution in [3.8, 4) is 28.7 Å². The predicted octanol–water partition coefficient (Wildman–Crippen LogP) is 9.21. The van der Waals surface area contributed by atoms with Crippen LogP contribution in [0.2, 0.25) is 5.02 Å². The zero-order chi connectivity index (χ0) is 34.9. The van der Waals surface area contributed by atoms with Gasteiger partial charge in [0, 0.05) is 54.1 Å². The van der Waals surface area contributed by atoms with E-state index >= 15 is 0 Å². The molecule has 3 aromatic carbocycles. The fourth-order valence-electron chi connectivity index (χ4n) is 8.30. The molecule has 0 spiro atoms. The lowest BCUT2D eigenvalue weighted by Gasteiger charge is -2.34. The summed E-state index contributed by atoms with van der Waals surface area (Å²) in [5.41, 5.74) is 8.58. The normalized spacial score (nSPS) is 20.8. The Labute approximate surface area is 305 Å². The Hall–Kier alpha value is -4.42. The van der Waals surface area contributed by atoms with Crippen molar-refractivity contribution in [1.82, 2.24) is 19.8 Å². The largest absolute Gasteiger partial charge is 0.488 e. The SMILES string of the molecule is Cc1c(COc2cc(OCc3cncc(C#N)c3)c(CN3CCCCC3)cc2Cl)cccc1-c1ccc2oc(C3CC4CCC(C3)N4C)nc2c1. The van der Waals surface area contributed by atoms with Crippen LogP contribution in [-0.2, 0) is 19.8 Å². The molecule has 262 valence electrons. The zero-order valence-electron chi connectivity index (χ0n) is 29.4. The van der Waals surface area contributed by atoms with Gasteiger partial charge in [-0.15, -0.1) is 0 Å². The Morgan fingerprint density at radius 2 is 1.73 bits per heavy atom. The first-order chi connectivity index (χ1) is 24.9. The van der Waals surface area contributed by atoms with Gasteiger partial charge >= 0.3 is 0 Å². The second-order valence-corrected chi connectivity index (χ2v) is 14.9. The maximum Gasteiger partial charge on any atom is 0.198 e. The fourth-order valence-corrected chi connectivity index (χ4v) is 8.54. The number of nitrogens with zero attached hydrogens (tertiary/aromatic N) is 5. The highest BCUT2D eigenvalue weighted by molar-refractivity contribution is 6.32. The molecule has 2 bridgehead atoms. The van der Waals surface area contributed by atoms with E-state index in [-0.39, 0.29) is 6.61 Å². The second kappa shape index (κ2) is 14.7. The third kappa shape index (κ3) is 7.21. The molecule has 3 aliphatic heterocycles. The summed E-state index contributed by atoms with van der Waals surface area (Å²) in [5, 5.41) is 9.89. The molecule has 3 fully saturated rings. The van der Waals surface area contributed by atoms with Crippen LogP contribution < -0.4 is 9.47 Å². The molecule has 0 amide bonds. The highest BCUT2D eigenvalue weighted by Gasteiger charge is 2.40. The van der Waals surface area contributed by atoms with Crippen molar-refractivity contribution >= 4 is 22.7 Å². The Morgan fingerprint density at radius 3 is 2.53 bits per heavy atom. The van der Waals surface area contributed by atoms with Crippen LogP contribution in [0.4, 0.5) is 0 Å². The molecule has 0 saturated carbocycles. The lowest BCUT2D eigenvalue weighted by Crippen LogP contribution is -2.39. The van der Waals surface area contributed by atoms with E-state index in [9.17, 15) is 5.26 Å². The van der Waals surface area contributed by atoms with Crippen LogP contribution in [0.5, 0.6) is 11.5 Å². The van der Waals surface area contributed by atoms with Crippen LogP contribution in [0.25, 0.3) is 22.2 Å². The molecule has 0 aliphatic carbocycles. The van der Waals surface area contributed by atoms with E-state index in [0.29, 0.717) is 40.9 Å². The fraction of sp³-hybridized carbons (Fsp3) is 0.405. The molecule has 3 saturated heterocycles. The summed E-state index contributed by atoms with van der Waals surface area (Å²) in [6, 6.07) is 21.8. The van der Waals surface area contributed by atoms with E-state index in [1.807, 2.05) is 12.1 Å². The Morgan fingerprint density at radius 1 is 0.922 bits per heavy atom. The third-order valence-corrected chi connectivity index (χ3v) is 11.6. The number of hydrogen-bond donors (Lipinski definition) is 0. The molecule has 2 atom stereocenters. The number of aromatic nitrogens is 2. The average molecular weight is 702 g/mol. The Balaban J connectivity index is 1.01. The van der Waals surface area contributed by atoms with Gasteiger partial charge in [0.05, 0.1) is 10.6 Å². The number of likely N-dealkylation sites (tertiary alicyclic amines) is 1. The van der Waals surface area contributed by atoms with Crippen LogP contribution in [0.3, 0.4) is 0 Å². The zero-order valence-corrected chi connectivity index (χ0v) is 30.2. The number of rotatable bonds is 10. The molecular weight excluding hydrogens is 658 g/mol. The lowest BCUT2D eigenvalue weighted by atomic mass is 9.91. The molecule has 8 rings (SSSR count). The first kappa shape index (κ1) is 33.7. The van der Waals surface area contributed by atoms with E-state index in [0.717, 1.165) is 88.6 Å². The molecule has 5 aromatic rings. The topological polar surface area (TPSA) is 87.7 Å². The van der Waals surface area contributed by atoms with Crippen molar-refractivity contribution < 1.29 is 13.9 Å². The summed E-state index contributed by atoms with van der Waals surface area (Å²) in [4.78, 5) is 14.2. The monoisotopic (exact) mass is 701 g/mol. The summed E-state index contributed by atoms with van der Waals surface area (Å²) in [7, 11) is 2.27. The third-order valence-electron chi connectivity index (χ3n) is 11.3. The Bertz CT molecular complexity index is 2070. The number of halogens is 1. The maximum absolute atomic E-state index is 9.33. The number of fused-ring (bicyclic) bond motifs is 3. The van der Waals surface area contributed by atoms with Gasteiger partial charge in [-0.3, -0.25) is 9.88 Å². The molecule has 8 nitrogen and oxygen atoms in total. The van der Waals surface area contributed by atoms with Crippen LogP contribution in [-0.4, -0.2) is 52.0 Å². The summed E-state index contributed by atoms with van der Waals surface area (Å²) in [6.07, 6.45) is 11.8. The highest BCUT2D eigenvalue weighted by atomic mass is 35.5. The van der Waals surface area contributed by atoms with E-state index in [1.165, 1.54) is 32.1 Å². The van der Waals surface area contributed by atoms with Crippen LogP contribution in [0, 0.1) is 18.3 Å². The number of ether oxygens (including phenoxy) is 2.